The van der Waals surface area contributed by atoms with Gasteiger partial charge in [0.25, 0.3) is 0 Å². The molecule has 5 nitrogen and oxygen atoms in total. The molecule has 1 aromatic heterocycles. The van der Waals surface area contributed by atoms with E-state index in [0.29, 0.717) is 19.6 Å². The lowest BCUT2D eigenvalue weighted by Crippen LogP contribution is -2.29. The molecule has 19 heavy (non-hydrogen) atoms. The maximum atomic E-state index is 11.5. The number of hydrogen-bond donors (Lipinski definition) is 0. The topological polar surface area (TPSA) is 55.8 Å². The van der Waals surface area contributed by atoms with Gasteiger partial charge in [0.1, 0.15) is 6.10 Å². The summed E-state index contributed by atoms with van der Waals surface area (Å²) in [6.07, 6.45) is -0.125. The third-order valence-corrected chi connectivity index (χ3v) is 3.44. The van der Waals surface area contributed by atoms with E-state index in [0.717, 1.165) is 4.88 Å². The molecule has 0 bridgehead atoms. The lowest BCUT2D eigenvalue weighted by atomic mass is 10.2. The summed E-state index contributed by atoms with van der Waals surface area (Å²) in [5, 5.41) is 1.93. The van der Waals surface area contributed by atoms with Crippen molar-refractivity contribution in [1.29, 1.82) is 0 Å². The van der Waals surface area contributed by atoms with Crippen molar-refractivity contribution in [2.45, 2.75) is 26.4 Å². The van der Waals surface area contributed by atoms with Crippen molar-refractivity contribution in [2.75, 3.05) is 20.2 Å². The van der Waals surface area contributed by atoms with Crippen LogP contribution in [0.5, 0.6) is 0 Å². The van der Waals surface area contributed by atoms with Crippen LogP contribution < -0.4 is 0 Å². The maximum Gasteiger partial charge on any atom is 0.409 e. The molecule has 0 aromatic carbocycles. The molecule has 1 aromatic rings. The highest BCUT2D eigenvalue weighted by Crippen LogP contribution is 2.26. The van der Waals surface area contributed by atoms with Gasteiger partial charge in [0, 0.05) is 31.8 Å². The Bertz CT molecular complexity index is 405. The molecular weight excluding hydrogens is 266 g/mol. The number of amides is 1. The molecule has 0 saturated carbocycles. The largest absolute Gasteiger partial charge is 0.457 e. The quantitative estimate of drug-likeness (QED) is 0.754. The first-order valence-corrected chi connectivity index (χ1v) is 7.01. The van der Waals surface area contributed by atoms with Crippen molar-refractivity contribution < 1.29 is 19.1 Å². The Hall–Kier alpha value is -1.56. The van der Waals surface area contributed by atoms with Crippen LogP contribution in [0, 0.1) is 0 Å². The van der Waals surface area contributed by atoms with Crippen LogP contribution in [0.1, 0.15) is 31.2 Å². The van der Waals surface area contributed by atoms with Crippen molar-refractivity contribution in [1.82, 2.24) is 4.90 Å². The zero-order chi connectivity index (χ0) is 14.3. The Labute approximate surface area is 117 Å². The smallest absolute Gasteiger partial charge is 0.409 e. The van der Waals surface area contributed by atoms with E-state index in [1.807, 2.05) is 17.5 Å². The van der Waals surface area contributed by atoms with Crippen LogP contribution in [-0.2, 0) is 14.3 Å². The monoisotopic (exact) mass is 285 g/mol. The van der Waals surface area contributed by atoms with Crippen LogP contribution in [0.4, 0.5) is 4.79 Å². The van der Waals surface area contributed by atoms with E-state index in [1.54, 1.807) is 14.0 Å². The van der Waals surface area contributed by atoms with E-state index in [-0.39, 0.29) is 18.2 Å². The second-order valence-corrected chi connectivity index (χ2v) is 5.00. The number of thiophene rings is 1. The average molecular weight is 285 g/mol. The number of esters is 1. The molecule has 1 atom stereocenters. The fourth-order valence-electron chi connectivity index (χ4n) is 1.57. The van der Waals surface area contributed by atoms with E-state index in [4.69, 9.17) is 9.47 Å². The average Bonchev–Trinajstić information content (AvgIpc) is 2.87. The summed E-state index contributed by atoms with van der Waals surface area (Å²) in [6.45, 7) is 3.96. The summed E-state index contributed by atoms with van der Waals surface area (Å²) >= 11 is 1.53. The maximum absolute atomic E-state index is 11.5. The zero-order valence-corrected chi connectivity index (χ0v) is 12.2. The summed E-state index contributed by atoms with van der Waals surface area (Å²) in [6, 6.07) is 3.83. The van der Waals surface area contributed by atoms with Crippen LogP contribution in [0.15, 0.2) is 17.5 Å². The van der Waals surface area contributed by atoms with Crippen molar-refractivity contribution in [3.05, 3.63) is 22.4 Å². The molecule has 0 saturated heterocycles. The Morgan fingerprint density at radius 1 is 1.47 bits per heavy atom. The minimum Gasteiger partial charge on any atom is -0.457 e. The van der Waals surface area contributed by atoms with Crippen LogP contribution in [0.3, 0.4) is 0 Å². The van der Waals surface area contributed by atoms with Gasteiger partial charge in [-0.25, -0.2) is 4.79 Å². The van der Waals surface area contributed by atoms with Crippen LogP contribution >= 0.6 is 11.3 Å². The molecule has 0 radical (unpaired) electrons. The Balaban J connectivity index is 2.54. The Kier molecular flexibility index (Phi) is 6.35. The summed E-state index contributed by atoms with van der Waals surface area (Å²) < 4.78 is 10.2. The van der Waals surface area contributed by atoms with E-state index in [9.17, 15) is 9.59 Å². The molecule has 0 unspecified atom stereocenters. The van der Waals surface area contributed by atoms with Crippen molar-refractivity contribution in [2.24, 2.45) is 0 Å². The number of rotatable bonds is 6. The Morgan fingerprint density at radius 2 is 2.21 bits per heavy atom. The number of nitrogens with zero attached hydrogens (tertiary/aromatic N) is 1. The van der Waals surface area contributed by atoms with E-state index < -0.39 is 0 Å². The summed E-state index contributed by atoms with van der Waals surface area (Å²) in [5.74, 6) is -0.322. The molecule has 0 spiro atoms. The van der Waals surface area contributed by atoms with E-state index >= 15 is 0 Å². The summed E-state index contributed by atoms with van der Waals surface area (Å²) in [5.41, 5.74) is 0. The molecule has 6 heteroatoms. The highest BCUT2D eigenvalue weighted by atomic mass is 32.1. The summed E-state index contributed by atoms with van der Waals surface area (Å²) in [4.78, 5) is 25.0. The molecule has 0 N–H and O–H groups in total. The van der Waals surface area contributed by atoms with Gasteiger partial charge < -0.3 is 14.4 Å². The third-order valence-electron chi connectivity index (χ3n) is 2.47. The van der Waals surface area contributed by atoms with Crippen molar-refractivity contribution in [3.8, 4) is 0 Å². The van der Waals surface area contributed by atoms with Crippen LogP contribution in [-0.4, -0.2) is 37.2 Å². The SMILES string of the molecule is CCOC(=O)N(C)CC[C@H](OC(C)=O)c1cccs1. The number of ether oxygens (including phenoxy) is 2. The Morgan fingerprint density at radius 3 is 2.74 bits per heavy atom. The molecule has 1 heterocycles. The minimum atomic E-state index is -0.366. The number of carbonyl (C=O) groups is 2. The first-order chi connectivity index (χ1) is 9.04. The van der Waals surface area contributed by atoms with E-state index in [1.165, 1.54) is 23.2 Å². The highest BCUT2D eigenvalue weighted by Gasteiger charge is 2.18. The minimum absolute atomic E-state index is 0.311. The number of carbonyl (C=O) groups excluding carboxylic acids is 2. The molecule has 0 fully saturated rings. The van der Waals surface area contributed by atoms with Gasteiger partial charge in [-0.05, 0) is 18.4 Å². The zero-order valence-electron chi connectivity index (χ0n) is 11.4. The second-order valence-electron chi connectivity index (χ2n) is 4.02. The molecule has 1 amide bonds. The molecule has 0 aliphatic carbocycles. The fraction of sp³-hybridized carbons (Fsp3) is 0.538. The first-order valence-electron chi connectivity index (χ1n) is 6.13. The molecule has 1 rings (SSSR count). The van der Waals surface area contributed by atoms with Gasteiger partial charge in [0.15, 0.2) is 0 Å². The third kappa shape index (κ3) is 5.30. The molecular formula is C13H19NO4S. The van der Waals surface area contributed by atoms with Crippen LogP contribution in [0.25, 0.3) is 0 Å². The molecule has 0 aliphatic rings. The highest BCUT2D eigenvalue weighted by molar-refractivity contribution is 7.10. The van der Waals surface area contributed by atoms with Gasteiger partial charge in [-0.2, -0.15) is 0 Å². The summed E-state index contributed by atoms with van der Waals surface area (Å²) in [7, 11) is 1.66. The van der Waals surface area contributed by atoms with Gasteiger partial charge in [0.2, 0.25) is 0 Å². The van der Waals surface area contributed by atoms with Gasteiger partial charge in [-0.1, -0.05) is 6.07 Å². The van der Waals surface area contributed by atoms with Crippen LogP contribution in [0.2, 0.25) is 0 Å². The number of hydrogen-bond acceptors (Lipinski definition) is 5. The lowest BCUT2D eigenvalue weighted by molar-refractivity contribution is -0.147. The predicted molar refractivity (Wildman–Crippen MR) is 73.1 cm³/mol. The van der Waals surface area contributed by atoms with Gasteiger partial charge in [-0.15, -0.1) is 11.3 Å². The first kappa shape index (κ1) is 15.5. The van der Waals surface area contributed by atoms with Gasteiger partial charge >= 0.3 is 12.1 Å². The normalized spacial score (nSPS) is 11.7. The van der Waals surface area contributed by atoms with Gasteiger partial charge in [0.05, 0.1) is 6.61 Å². The standard InChI is InChI=1S/C13H19NO4S/c1-4-17-13(16)14(3)8-7-11(18-10(2)15)12-6-5-9-19-12/h5-6,9,11H,4,7-8H2,1-3H3/t11-/m0/s1. The fourth-order valence-corrected chi connectivity index (χ4v) is 2.36. The predicted octanol–water partition coefficient (Wildman–Crippen LogP) is 2.83. The molecule has 0 aliphatic heterocycles. The van der Waals surface area contributed by atoms with Crippen molar-refractivity contribution >= 4 is 23.4 Å². The second kappa shape index (κ2) is 7.78. The van der Waals surface area contributed by atoms with E-state index in [2.05, 4.69) is 0 Å². The molecule has 106 valence electrons. The van der Waals surface area contributed by atoms with Gasteiger partial charge in [-0.3, -0.25) is 4.79 Å². The lowest BCUT2D eigenvalue weighted by Gasteiger charge is -2.20. The van der Waals surface area contributed by atoms with Crippen molar-refractivity contribution in [3.63, 3.8) is 0 Å².